The number of amides is 1. The van der Waals surface area contributed by atoms with Crippen molar-refractivity contribution in [3.05, 3.63) is 28.2 Å². The van der Waals surface area contributed by atoms with E-state index in [-0.39, 0.29) is 11.9 Å². The predicted octanol–water partition coefficient (Wildman–Crippen LogP) is 1.52. The Morgan fingerprint density at radius 2 is 2.47 bits per heavy atom. The molecule has 1 fully saturated rings. The van der Waals surface area contributed by atoms with Gasteiger partial charge in [0.15, 0.2) is 0 Å². The summed E-state index contributed by atoms with van der Waals surface area (Å²) < 4.78 is 11.4. The molecule has 6 heteroatoms. The van der Waals surface area contributed by atoms with Crippen molar-refractivity contribution in [2.24, 2.45) is 0 Å². The first-order chi connectivity index (χ1) is 9.22. The first kappa shape index (κ1) is 14.5. The van der Waals surface area contributed by atoms with Crippen molar-refractivity contribution in [3.63, 3.8) is 0 Å². The molecule has 1 saturated heterocycles. The summed E-state index contributed by atoms with van der Waals surface area (Å²) in [5.41, 5.74) is 1.68. The standard InChI is InChI=1S/C13H17BrN2O3/c1-18-7-9-10(14)3-2-4-11(9)16-13(17)12-8-19-6-5-15-12/h2-4,12,15H,5-8H2,1H3,(H,16,17). The van der Waals surface area contributed by atoms with Gasteiger partial charge in [0.25, 0.3) is 0 Å². The van der Waals surface area contributed by atoms with Gasteiger partial charge in [0.05, 0.1) is 19.8 Å². The van der Waals surface area contributed by atoms with E-state index in [2.05, 4.69) is 26.6 Å². The highest BCUT2D eigenvalue weighted by Crippen LogP contribution is 2.25. The Kier molecular flexibility index (Phi) is 5.33. The molecule has 1 heterocycles. The van der Waals surface area contributed by atoms with E-state index in [0.29, 0.717) is 26.4 Å². The minimum Gasteiger partial charge on any atom is -0.380 e. The average Bonchev–Trinajstić information content (AvgIpc) is 2.43. The molecule has 104 valence electrons. The van der Waals surface area contributed by atoms with E-state index in [1.54, 1.807) is 7.11 Å². The lowest BCUT2D eigenvalue weighted by molar-refractivity contribution is -0.120. The third-order valence-electron chi connectivity index (χ3n) is 2.90. The number of nitrogens with one attached hydrogen (secondary N) is 2. The summed E-state index contributed by atoms with van der Waals surface area (Å²) in [4.78, 5) is 12.1. The van der Waals surface area contributed by atoms with Crippen molar-refractivity contribution in [1.82, 2.24) is 5.32 Å². The number of morpholine rings is 1. The molecule has 19 heavy (non-hydrogen) atoms. The van der Waals surface area contributed by atoms with Gasteiger partial charge in [-0.15, -0.1) is 0 Å². The molecule has 1 aromatic carbocycles. The van der Waals surface area contributed by atoms with Crippen molar-refractivity contribution < 1.29 is 14.3 Å². The van der Waals surface area contributed by atoms with Crippen LogP contribution in [0.2, 0.25) is 0 Å². The van der Waals surface area contributed by atoms with E-state index < -0.39 is 0 Å². The summed E-state index contributed by atoms with van der Waals surface area (Å²) in [5.74, 6) is -0.0878. The normalized spacial score (nSPS) is 19.2. The van der Waals surface area contributed by atoms with Crippen LogP contribution in [0.3, 0.4) is 0 Å². The summed E-state index contributed by atoms with van der Waals surface area (Å²) in [6.07, 6.45) is 0. The molecule has 1 unspecified atom stereocenters. The van der Waals surface area contributed by atoms with Crippen LogP contribution in [0.15, 0.2) is 22.7 Å². The highest BCUT2D eigenvalue weighted by molar-refractivity contribution is 9.10. The van der Waals surface area contributed by atoms with E-state index in [1.807, 2.05) is 18.2 Å². The number of hydrogen-bond donors (Lipinski definition) is 2. The van der Waals surface area contributed by atoms with Gasteiger partial charge in [0, 0.05) is 29.4 Å². The maximum absolute atomic E-state index is 12.1. The zero-order chi connectivity index (χ0) is 13.7. The Labute approximate surface area is 120 Å². The number of methoxy groups -OCH3 is 1. The van der Waals surface area contributed by atoms with Crippen LogP contribution < -0.4 is 10.6 Å². The van der Waals surface area contributed by atoms with E-state index in [4.69, 9.17) is 9.47 Å². The molecule has 2 rings (SSSR count). The lowest BCUT2D eigenvalue weighted by Crippen LogP contribution is -2.48. The minimum absolute atomic E-state index is 0.0878. The molecule has 1 amide bonds. The van der Waals surface area contributed by atoms with Crippen LogP contribution in [0, 0.1) is 0 Å². The first-order valence-electron chi connectivity index (χ1n) is 6.10. The third kappa shape index (κ3) is 3.76. The van der Waals surface area contributed by atoms with Crippen LogP contribution >= 0.6 is 15.9 Å². The fourth-order valence-electron chi connectivity index (χ4n) is 1.92. The van der Waals surface area contributed by atoms with Crippen LogP contribution in [0.5, 0.6) is 0 Å². The molecular formula is C13H17BrN2O3. The summed E-state index contributed by atoms with van der Waals surface area (Å²) in [5, 5.41) is 6.04. The summed E-state index contributed by atoms with van der Waals surface area (Å²) in [6, 6.07) is 5.36. The topological polar surface area (TPSA) is 59.6 Å². The molecule has 0 radical (unpaired) electrons. The fraction of sp³-hybridized carbons (Fsp3) is 0.462. The van der Waals surface area contributed by atoms with Crippen molar-refractivity contribution in [2.75, 3.05) is 32.2 Å². The maximum atomic E-state index is 12.1. The first-order valence-corrected chi connectivity index (χ1v) is 6.90. The number of anilines is 1. The quantitative estimate of drug-likeness (QED) is 0.879. The van der Waals surface area contributed by atoms with Crippen molar-refractivity contribution in [3.8, 4) is 0 Å². The number of carbonyl (C=O) groups is 1. The van der Waals surface area contributed by atoms with Gasteiger partial charge in [-0.05, 0) is 12.1 Å². The number of ether oxygens (including phenoxy) is 2. The van der Waals surface area contributed by atoms with Crippen LogP contribution in [0.25, 0.3) is 0 Å². The molecule has 0 bridgehead atoms. The van der Waals surface area contributed by atoms with Gasteiger partial charge >= 0.3 is 0 Å². The van der Waals surface area contributed by atoms with Crippen molar-refractivity contribution in [1.29, 1.82) is 0 Å². The monoisotopic (exact) mass is 328 g/mol. The van der Waals surface area contributed by atoms with Gasteiger partial charge in [0.1, 0.15) is 6.04 Å². The molecule has 0 aromatic heterocycles. The van der Waals surface area contributed by atoms with Gasteiger partial charge in [0.2, 0.25) is 5.91 Å². The van der Waals surface area contributed by atoms with Gasteiger partial charge in [-0.25, -0.2) is 0 Å². The lowest BCUT2D eigenvalue weighted by atomic mass is 10.1. The second kappa shape index (κ2) is 7.00. The average molecular weight is 329 g/mol. The predicted molar refractivity (Wildman–Crippen MR) is 76.1 cm³/mol. The fourth-order valence-corrected chi connectivity index (χ4v) is 2.40. The van der Waals surface area contributed by atoms with Gasteiger partial charge in [-0.2, -0.15) is 0 Å². The number of carbonyl (C=O) groups excluding carboxylic acids is 1. The zero-order valence-electron chi connectivity index (χ0n) is 10.7. The van der Waals surface area contributed by atoms with Gasteiger partial charge in [-0.1, -0.05) is 22.0 Å². The van der Waals surface area contributed by atoms with E-state index in [9.17, 15) is 4.79 Å². The second-order valence-corrected chi connectivity index (χ2v) is 5.12. The molecule has 1 aliphatic rings. The Hall–Kier alpha value is -0.950. The Bertz CT molecular complexity index is 448. The highest BCUT2D eigenvalue weighted by Gasteiger charge is 2.22. The second-order valence-electron chi connectivity index (χ2n) is 4.27. The van der Waals surface area contributed by atoms with Crippen LogP contribution in [0.4, 0.5) is 5.69 Å². The summed E-state index contributed by atoms with van der Waals surface area (Å²) >= 11 is 3.46. The molecule has 1 aromatic rings. The molecular weight excluding hydrogens is 312 g/mol. The Morgan fingerprint density at radius 3 is 3.16 bits per heavy atom. The largest absolute Gasteiger partial charge is 0.380 e. The van der Waals surface area contributed by atoms with E-state index in [1.165, 1.54) is 0 Å². The lowest BCUT2D eigenvalue weighted by Gasteiger charge is -2.23. The summed E-state index contributed by atoms with van der Waals surface area (Å²) in [7, 11) is 1.63. The zero-order valence-corrected chi connectivity index (χ0v) is 12.3. The molecule has 0 spiro atoms. The molecule has 0 aliphatic carbocycles. The van der Waals surface area contributed by atoms with Crippen LogP contribution in [-0.2, 0) is 20.9 Å². The van der Waals surface area contributed by atoms with Crippen LogP contribution in [0.1, 0.15) is 5.56 Å². The Balaban J connectivity index is 2.09. The number of hydrogen-bond acceptors (Lipinski definition) is 4. The Morgan fingerprint density at radius 1 is 1.63 bits per heavy atom. The molecule has 0 saturated carbocycles. The highest BCUT2D eigenvalue weighted by atomic mass is 79.9. The van der Waals surface area contributed by atoms with Gasteiger partial charge in [-0.3, -0.25) is 4.79 Å². The van der Waals surface area contributed by atoms with Crippen molar-refractivity contribution >= 4 is 27.5 Å². The molecule has 5 nitrogen and oxygen atoms in total. The minimum atomic E-state index is -0.303. The van der Waals surface area contributed by atoms with Crippen molar-refractivity contribution in [2.45, 2.75) is 12.6 Å². The molecule has 1 atom stereocenters. The van der Waals surface area contributed by atoms with E-state index in [0.717, 1.165) is 15.7 Å². The number of benzene rings is 1. The molecule has 2 N–H and O–H groups in total. The van der Waals surface area contributed by atoms with E-state index >= 15 is 0 Å². The SMILES string of the molecule is COCc1c(Br)cccc1NC(=O)C1COCCN1. The third-order valence-corrected chi connectivity index (χ3v) is 3.65. The molecule has 1 aliphatic heterocycles. The number of halogens is 1. The smallest absolute Gasteiger partial charge is 0.243 e. The van der Waals surface area contributed by atoms with Crippen LogP contribution in [-0.4, -0.2) is 38.8 Å². The maximum Gasteiger partial charge on any atom is 0.243 e. The number of rotatable bonds is 4. The summed E-state index contributed by atoms with van der Waals surface area (Å²) in [6.45, 7) is 2.18. The van der Waals surface area contributed by atoms with Gasteiger partial charge < -0.3 is 20.1 Å².